The van der Waals surface area contributed by atoms with Gasteiger partial charge in [-0.1, -0.05) is 27.5 Å². The molecule has 1 saturated heterocycles. The summed E-state index contributed by atoms with van der Waals surface area (Å²) in [5, 5.41) is 12.9. The third-order valence-electron chi connectivity index (χ3n) is 4.72. The molecule has 0 atom stereocenters. The molecule has 30 heavy (non-hydrogen) atoms. The summed E-state index contributed by atoms with van der Waals surface area (Å²) in [5.74, 6) is 0.640. The molecule has 1 amide bonds. The first-order valence-electron chi connectivity index (χ1n) is 9.19. The van der Waals surface area contributed by atoms with E-state index in [1.54, 1.807) is 24.3 Å². The summed E-state index contributed by atoms with van der Waals surface area (Å²) in [4.78, 5) is 15.0. The molecule has 0 radical (unpaired) electrons. The second-order valence-corrected chi connectivity index (χ2v) is 7.90. The second kappa shape index (κ2) is 8.96. The molecule has 0 saturated carbocycles. The van der Waals surface area contributed by atoms with Crippen LogP contribution in [-0.4, -0.2) is 39.0 Å². The number of halogens is 2. The Hall–Kier alpha value is -2.73. The van der Waals surface area contributed by atoms with E-state index >= 15 is 0 Å². The Bertz CT molecular complexity index is 1060. The summed E-state index contributed by atoms with van der Waals surface area (Å²) < 4.78 is 16.8. The zero-order chi connectivity index (χ0) is 21.1. The number of hydrogen-bond acceptors (Lipinski definition) is 6. The van der Waals surface area contributed by atoms with Crippen molar-refractivity contribution >= 4 is 50.9 Å². The van der Waals surface area contributed by atoms with Gasteiger partial charge in [0.2, 0.25) is 6.79 Å². The number of morpholine rings is 1. The van der Waals surface area contributed by atoms with Gasteiger partial charge in [-0.15, -0.1) is 0 Å². The number of amides is 1. The number of ether oxygens (including phenoxy) is 3. The molecule has 0 bridgehead atoms. The smallest absolute Gasteiger partial charge is 0.266 e. The Morgan fingerprint density at radius 1 is 1.20 bits per heavy atom. The van der Waals surface area contributed by atoms with Crippen molar-refractivity contribution in [3.8, 4) is 17.6 Å². The van der Waals surface area contributed by atoms with Gasteiger partial charge in [0.05, 0.1) is 24.6 Å². The van der Waals surface area contributed by atoms with Crippen LogP contribution in [0.4, 0.5) is 11.4 Å². The van der Waals surface area contributed by atoms with E-state index in [-0.39, 0.29) is 12.4 Å². The first-order chi connectivity index (χ1) is 14.5. The molecule has 1 N–H and O–H groups in total. The van der Waals surface area contributed by atoms with Crippen molar-refractivity contribution in [1.82, 2.24) is 0 Å². The predicted molar refractivity (Wildman–Crippen MR) is 117 cm³/mol. The van der Waals surface area contributed by atoms with E-state index < -0.39 is 5.91 Å². The number of carbonyl (C=O) groups excluding carboxylic acids is 1. The predicted octanol–water partition coefficient (Wildman–Crippen LogP) is 4.21. The second-order valence-electron chi connectivity index (χ2n) is 6.61. The number of hydrogen-bond donors (Lipinski definition) is 1. The lowest BCUT2D eigenvalue weighted by atomic mass is 10.1. The molecule has 9 heteroatoms. The average molecular weight is 491 g/mol. The van der Waals surface area contributed by atoms with Crippen LogP contribution in [0.5, 0.6) is 11.5 Å². The lowest BCUT2D eigenvalue weighted by molar-refractivity contribution is -0.112. The molecule has 7 nitrogen and oxygen atoms in total. The van der Waals surface area contributed by atoms with Gasteiger partial charge in [-0.05, 0) is 42.0 Å². The van der Waals surface area contributed by atoms with Gasteiger partial charge in [0, 0.05) is 22.6 Å². The summed E-state index contributed by atoms with van der Waals surface area (Å²) >= 11 is 9.59. The maximum atomic E-state index is 12.9. The molecule has 4 rings (SSSR count). The molecule has 0 unspecified atom stereocenters. The number of carbonyl (C=O) groups is 1. The molecule has 2 aliphatic rings. The van der Waals surface area contributed by atoms with Gasteiger partial charge in [0.25, 0.3) is 5.91 Å². The molecule has 2 aliphatic heterocycles. The van der Waals surface area contributed by atoms with Crippen molar-refractivity contribution in [3.05, 3.63) is 51.0 Å². The van der Waals surface area contributed by atoms with Gasteiger partial charge in [-0.25, -0.2) is 0 Å². The summed E-state index contributed by atoms with van der Waals surface area (Å²) in [6.45, 7) is 2.76. The molecular weight excluding hydrogens is 474 g/mol. The average Bonchev–Trinajstić information content (AvgIpc) is 3.19. The van der Waals surface area contributed by atoms with Gasteiger partial charge in [0.15, 0.2) is 11.5 Å². The fourth-order valence-electron chi connectivity index (χ4n) is 3.23. The molecular formula is C21H17BrClN3O4. The maximum absolute atomic E-state index is 12.9. The minimum atomic E-state index is -0.529. The standard InChI is InChI=1S/C21H17BrClN3O4/c22-16-10-20-19(29-12-30-20)8-13(16)7-14(11-24)21(27)25-17-9-15(23)1-2-18(17)26-3-5-28-6-4-26/h1-2,7-10H,3-6,12H2,(H,25,27)/b14-7+. The number of nitriles is 1. The Balaban J connectivity index is 1.61. The van der Waals surface area contributed by atoms with Gasteiger partial charge in [-0.2, -0.15) is 5.26 Å². The SMILES string of the molecule is N#C/C(=C\c1cc2c(cc1Br)OCO2)C(=O)Nc1cc(Cl)ccc1N1CCOCC1. The lowest BCUT2D eigenvalue weighted by Gasteiger charge is -2.30. The number of nitrogens with zero attached hydrogens (tertiary/aromatic N) is 2. The Labute approximate surface area is 186 Å². The highest BCUT2D eigenvalue weighted by molar-refractivity contribution is 9.10. The fraction of sp³-hybridized carbons (Fsp3) is 0.238. The minimum Gasteiger partial charge on any atom is -0.454 e. The van der Waals surface area contributed by atoms with Crippen molar-refractivity contribution in [2.45, 2.75) is 0 Å². The quantitative estimate of drug-likeness (QED) is 0.510. The maximum Gasteiger partial charge on any atom is 0.266 e. The Kier molecular flexibility index (Phi) is 6.13. The highest BCUT2D eigenvalue weighted by Crippen LogP contribution is 2.38. The molecule has 2 aromatic carbocycles. The van der Waals surface area contributed by atoms with Gasteiger partial charge in [0.1, 0.15) is 11.6 Å². The fourth-order valence-corrected chi connectivity index (χ4v) is 3.83. The van der Waals surface area contributed by atoms with Gasteiger partial charge in [-0.3, -0.25) is 4.79 Å². The van der Waals surface area contributed by atoms with E-state index in [9.17, 15) is 10.1 Å². The topological polar surface area (TPSA) is 83.8 Å². The Morgan fingerprint density at radius 3 is 2.67 bits per heavy atom. The third kappa shape index (κ3) is 4.38. The van der Waals surface area contributed by atoms with Crippen molar-refractivity contribution in [3.63, 3.8) is 0 Å². The number of rotatable bonds is 4. The molecule has 2 heterocycles. The Morgan fingerprint density at radius 2 is 1.93 bits per heavy atom. The van der Waals surface area contributed by atoms with Crippen molar-refractivity contribution in [2.75, 3.05) is 43.3 Å². The number of benzene rings is 2. The van der Waals surface area contributed by atoms with Crippen LogP contribution in [0.2, 0.25) is 5.02 Å². The molecule has 0 spiro atoms. The zero-order valence-electron chi connectivity index (χ0n) is 15.8. The minimum absolute atomic E-state index is 0.0533. The van der Waals surface area contributed by atoms with E-state index in [0.717, 1.165) is 5.69 Å². The van der Waals surface area contributed by atoms with Crippen LogP contribution in [0, 0.1) is 11.3 Å². The largest absolute Gasteiger partial charge is 0.454 e. The summed E-state index contributed by atoms with van der Waals surface area (Å²) in [6.07, 6.45) is 1.50. The van der Waals surface area contributed by atoms with E-state index in [1.165, 1.54) is 6.08 Å². The van der Waals surface area contributed by atoms with E-state index in [4.69, 9.17) is 25.8 Å². The zero-order valence-corrected chi connectivity index (χ0v) is 18.1. The molecule has 1 fully saturated rings. The molecule has 154 valence electrons. The monoisotopic (exact) mass is 489 g/mol. The van der Waals surface area contributed by atoms with E-state index in [2.05, 4.69) is 26.1 Å². The lowest BCUT2D eigenvalue weighted by Crippen LogP contribution is -2.36. The summed E-state index contributed by atoms with van der Waals surface area (Å²) in [7, 11) is 0. The summed E-state index contributed by atoms with van der Waals surface area (Å²) in [5.41, 5.74) is 1.95. The van der Waals surface area contributed by atoms with Crippen molar-refractivity contribution < 1.29 is 19.0 Å². The van der Waals surface area contributed by atoms with Gasteiger partial charge >= 0.3 is 0 Å². The first kappa shape index (κ1) is 20.5. The number of anilines is 2. The molecule has 0 aliphatic carbocycles. The van der Waals surface area contributed by atoms with Crippen LogP contribution in [0.1, 0.15) is 5.56 Å². The van der Waals surface area contributed by atoms with Crippen LogP contribution in [0.3, 0.4) is 0 Å². The normalized spacial score (nSPS) is 15.6. The van der Waals surface area contributed by atoms with E-state index in [1.807, 2.05) is 12.1 Å². The van der Waals surface area contributed by atoms with Gasteiger partial charge < -0.3 is 24.4 Å². The van der Waals surface area contributed by atoms with Crippen LogP contribution in [-0.2, 0) is 9.53 Å². The first-order valence-corrected chi connectivity index (χ1v) is 10.4. The van der Waals surface area contributed by atoms with Crippen LogP contribution < -0.4 is 19.7 Å². The van der Waals surface area contributed by atoms with E-state index in [0.29, 0.717) is 58.5 Å². The molecule has 2 aromatic rings. The van der Waals surface area contributed by atoms with Crippen molar-refractivity contribution in [2.24, 2.45) is 0 Å². The number of fused-ring (bicyclic) bond motifs is 1. The van der Waals surface area contributed by atoms with Crippen molar-refractivity contribution in [1.29, 1.82) is 5.26 Å². The summed E-state index contributed by atoms with van der Waals surface area (Å²) in [6, 6.07) is 10.7. The van der Waals surface area contributed by atoms with Crippen LogP contribution >= 0.6 is 27.5 Å². The van der Waals surface area contributed by atoms with Crippen LogP contribution in [0.25, 0.3) is 6.08 Å². The highest BCUT2D eigenvalue weighted by Gasteiger charge is 2.20. The molecule has 0 aromatic heterocycles. The highest BCUT2D eigenvalue weighted by atomic mass is 79.9. The third-order valence-corrected chi connectivity index (χ3v) is 5.64. The van der Waals surface area contributed by atoms with Crippen LogP contribution in [0.15, 0.2) is 40.4 Å². The number of nitrogens with one attached hydrogen (secondary N) is 1.